The van der Waals surface area contributed by atoms with Crippen LogP contribution in [-0.4, -0.2) is 0 Å². The van der Waals surface area contributed by atoms with E-state index in [2.05, 4.69) is 117 Å². The van der Waals surface area contributed by atoms with Gasteiger partial charge in [-0.1, -0.05) is 104 Å². The Balaban J connectivity index is 1.71. The van der Waals surface area contributed by atoms with E-state index in [1.165, 1.54) is 50.1 Å². The lowest BCUT2D eigenvalue weighted by Crippen LogP contribution is -1.93. The molecule has 5 rings (SSSR count). The number of rotatable bonds is 4. The van der Waals surface area contributed by atoms with Crippen molar-refractivity contribution < 1.29 is 0 Å². The van der Waals surface area contributed by atoms with E-state index in [1.807, 2.05) is 0 Å². The first-order valence-electron chi connectivity index (χ1n) is 10.8. The van der Waals surface area contributed by atoms with E-state index in [0.717, 1.165) is 6.42 Å². The molecule has 30 heavy (non-hydrogen) atoms. The average Bonchev–Trinajstić information content (AvgIpc) is 3.25. The topological polar surface area (TPSA) is 0 Å². The van der Waals surface area contributed by atoms with Gasteiger partial charge in [-0.05, 0) is 75.0 Å². The molecule has 0 fully saturated rings. The SMILES string of the molecule is CC(C)C1=Cc2c(cccc2-c2cc(-c3ccccc3)cc(-c3ccccc3)c2)C1. The van der Waals surface area contributed by atoms with Gasteiger partial charge in [0.15, 0.2) is 0 Å². The lowest BCUT2D eigenvalue weighted by atomic mass is 9.91. The summed E-state index contributed by atoms with van der Waals surface area (Å²) in [4.78, 5) is 0. The Kier molecular flexibility index (Phi) is 4.85. The molecule has 4 aromatic carbocycles. The lowest BCUT2D eigenvalue weighted by Gasteiger charge is -2.13. The van der Waals surface area contributed by atoms with E-state index in [0.29, 0.717) is 5.92 Å². The Morgan fingerprint density at radius 3 is 1.70 bits per heavy atom. The summed E-state index contributed by atoms with van der Waals surface area (Å²) in [6, 6.07) is 35.2. The van der Waals surface area contributed by atoms with Crippen molar-refractivity contribution in [3.8, 4) is 33.4 Å². The van der Waals surface area contributed by atoms with Gasteiger partial charge < -0.3 is 0 Å². The summed E-state index contributed by atoms with van der Waals surface area (Å²) in [7, 11) is 0. The predicted molar refractivity (Wildman–Crippen MR) is 129 cm³/mol. The highest BCUT2D eigenvalue weighted by molar-refractivity contribution is 5.86. The zero-order valence-corrected chi connectivity index (χ0v) is 17.6. The summed E-state index contributed by atoms with van der Waals surface area (Å²) >= 11 is 0. The quantitative estimate of drug-likeness (QED) is 0.331. The molecule has 0 heterocycles. The van der Waals surface area contributed by atoms with E-state index < -0.39 is 0 Å². The van der Waals surface area contributed by atoms with Crippen LogP contribution in [0.4, 0.5) is 0 Å². The third-order valence-electron chi connectivity index (χ3n) is 6.12. The molecule has 0 heteroatoms. The summed E-state index contributed by atoms with van der Waals surface area (Å²) in [5.41, 5.74) is 12.0. The van der Waals surface area contributed by atoms with Gasteiger partial charge in [-0.3, -0.25) is 0 Å². The van der Waals surface area contributed by atoms with Gasteiger partial charge in [0.1, 0.15) is 0 Å². The van der Waals surface area contributed by atoms with Crippen molar-refractivity contribution in [2.24, 2.45) is 5.92 Å². The number of hydrogen-bond acceptors (Lipinski definition) is 0. The Hall–Kier alpha value is -3.38. The molecule has 0 spiro atoms. The molecule has 0 aliphatic heterocycles. The van der Waals surface area contributed by atoms with Crippen LogP contribution in [0.3, 0.4) is 0 Å². The second kappa shape index (κ2) is 7.80. The van der Waals surface area contributed by atoms with Crippen molar-refractivity contribution in [1.29, 1.82) is 0 Å². The fourth-order valence-electron chi connectivity index (χ4n) is 4.39. The fraction of sp³-hybridized carbons (Fsp3) is 0.133. The van der Waals surface area contributed by atoms with Crippen LogP contribution in [-0.2, 0) is 6.42 Å². The molecule has 0 saturated heterocycles. The van der Waals surface area contributed by atoms with Crippen LogP contribution in [0, 0.1) is 5.92 Å². The second-order valence-corrected chi connectivity index (χ2v) is 8.46. The van der Waals surface area contributed by atoms with Gasteiger partial charge in [-0.15, -0.1) is 0 Å². The maximum absolute atomic E-state index is 2.42. The molecule has 0 nitrogen and oxygen atoms in total. The van der Waals surface area contributed by atoms with Crippen molar-refractivity contribution in [3.05, 3.63) is 114 Å². The van der Waals surface area contributed by atoms with Gasteiger partial charge in [0.25, 0.3) is 0 Å². The van der Waals surface area contributed by atoms with Gasteiger partial charge in [-0.2, -0.15) is 0 Å². The summed E-state index contributed by atoms with van der Waals surface area (Å²) < 4.78 is 0. The van der Waals surface area contributed by atoms with Crippen LogP contribution in [0.25, 0.3) is 39.5 Å². The smallest absolute Gasteiger partial charge is 0.00550 e. The Labute approximate surface area is 179 Å². The van der Waals surface area contributed by atoms with Crippen molar-refractivity contribution >= 4 is 6.08 Å². The van der Waals surface area contributed by atoms with Gasteiger partial charge in [-0.25, -0.2) is 0 Å². The molecule has 0 aromatic heterocycles. The minimum atomic E-state index is 0.584. The van der Waals surface area contributed by atoms with E-state index in [-0.39, 0.29) is 0 Å². The largest absolute Gasteiger partial charge is 0.0626 e. The Morgan fingerprint density at radius 1 is 0.567 bits per heavy atom. The van der Waals surface area contributed by atoms with Gasteiger partial charge >= 0.3 is 0 Å². The van der Waals surface area contributed by atoms with Crippen LogP contribution in [0.5, 0.6) is 0 Å². The molecular formula is C30H26. The highest BCUT2D eigenvalue weighted by atomic mass is 14.2. The predicted octanol–water partition coefficient (Wildman–Crippen LogP) is 8.28. The first kappa shape index (κ1) is 18.6. The molecule has 0 amide bonds. The Morgan fingerprint density at radius 2 is 1.13 bits per heavy atom. The number of allylic oxidation sites excluding steroid dienone is 1. The summed E-state index contributed by atoms with van der Waals surface area (Å²) in [5.74, 6) is 0.584. The van der Waals surface area contributed by atoms with Crippen LogP contribution in [0.2, 0.25) is 0 Å². The molecule has 1 aliphatic rings. The number of fused-ring (bicyclic) bond motifs is 1. The lowest BCUT2D eigenvalue weighted by molar-refractivity contribution is 0.754. The summed E-state index contributed by atoms with van der Waals surface area (Å²) in [6.45, 7) is 4.59. The molecule has 0 N–H and O–H groups in total. The van der Waals surface area contributed by atoms with Crippen molar-refractivity contribution in [2.75, 3.05) is 0 Å². The number of hydrogen-bond donors (Lipinski definition) is 0. The van der Waals surface area contributed by atoms with Crippen LogP contribution < -0.4 is 0 Å². The highest BCUT2D eigenvalue weighted by Gasteiger charge is 2.19. The van der Waals surface area contributed by atoms with E-state index >= 15 is 0 Å². The third-order valence-corrected chi connectivity index (χ3v) is 6.12. The monoisotopic (exact) mass is 386 g/mol. The van der Waals surface area contributed by atoms with E-state index in [1.54, 1.807) is 0 Å². The first-order chi connectivity index (χ1) is 14.7. The zero-order chi connectivity index (χ0) is 20.5. The standard InChI is InChI=1S/C30H26/c1-21(2)25-16-24-14-9-15-29(30(24)20-25)28-18-26(22-10-5-3-6-11-22)17-27(19-28)23-12-7-4-8-13-23/h3-15,17-21H,16H2,1-2H3. The minimum absolute atomic E-state index is 0.584. The van der Waals surface area contributed by atoms with E-state index in [4.69, 9.17) is 0 Å². The molecule has 0 bridgehead atoms. The van der Waals surface area contributed by atoms with Gasteiger partial charge in [0.2, 0.25) is 0 Å². The molecular weight excluding hydrogens is 360 g/mol. The highest BCUT2D eigenvalue weighted by Crippen LogP contribution is 2.39. The molecule has 0 atom stereocenters. The Bertz CT molecular complexity index is 1150. The first-order valence-corrected chi connectivity index (χ1v) is 10.8. The molecule has 0 unspecified atom stereocenters. The summed E-state index contributed by atoms with van der Waals surface area (Å²) in [5, 5.41) is 0. The van der Waals surface area contributed by atoms with Gasteiger partial charge in [0, 0.05) is 0 Å². The zero-order valence-electron chi connectivity index (χ0n) is 17.6. The third kappa shape index (κ3) is 3.50. The van der Waals surface area contributed by atoms with E-state index in [9.17, 15) is 0 Å². The normalized spacial score (nSPS) is 12.7. The molecule has 0 radical (unpaired) electrons. The van der Waals surface area contributed by atoms with Crippen molar-refractivity contribution in [1.82, 2.24) is 0 Å². The van der Waals surface area contributed by atoms with Crippen LogP contribution in [0.1, 0.15) is 25.0 Å². The fourth-order valence-corrected chi connectivity index (χ4v) is 4.39. The average molecular weight is 387 g/mol. The minimum Gasteiger partial charge on any atom is -0.0626 e. The molecule has 4 aromatic rings. The maximum atomic E-state index is 2.42. The van der Waals surface area contributed by atoms with Crippen LogP contribution >= 0.6 is 0 Å². The van der Waals surface area contributed by atoms with Crippen LogP contribution in [0.15, 0.2) is 103 Å². The second-order valence-electron chi connectivity index (χ2n) is 8.46. The summed E-state index contributed by atoms with van der Waals surface area (Å²) in [6.07, 6.45) is 3.50. The molecule has 1 aliphatic carbocycles. The van der Waals surface area contributed by atoms with Crippen molar-refractivity contribution in [2.45, 2.75) is 20.3 Å². The van der Waals surface area contributed by atoms with Crippen molar-refractivity contribution in [3.63, 3.8) is 0 Å². The molecule has 0 saturated carbocycles. The number of benzene rings is 4. The molecule has 146 valence electrons. The maximum Gasteiger partial charge on any atom is -0.00550 e. The van der Waals surface area contributed by atoms with Gasteiger partial charge in [0.05, 0.1) is 0 Å².